The van der Waals surface area contributed by atoms with Crippen molar-refractivity contribution in [3.8, 4) is 0 Å². The minimum atomic E-state index is -4.17. The molecule has 0 aromatic carbocycles. The van der Waals surface area contributed by atoms with Crippen LogP contribution in [0.1, 0.15) is 18.5 Å². The Labute approximate surface area is 102 Å². The average Bonchev–Trinajstić information content (AvgIpc) is 2.97. The molecule has 1 heterocycles. The fraction of sp³-hybridized carbons (Fsp3) is 0.545. The quantitative estimate of drug-likeness (QED) is 0.776. The summed E-state index contributed by atoms with van der Waals surface area (Å²) in [6.45, 7) is -0.684. The Morgan fingerprint density at radius 1 is 1.35 bits per heavy atom. The molecular formula is C11H12ClF3N2. The Bertz CT molecular complexity index is 391. The normalized spacial score (nSPS) is 16.5. The van der Waals surface area contributed by atoms with Gasteiger partial charge >= 0.3 is 6.18 Å². The minimum Gasteiger partial charge on any atom is -0.286 e. The van der Waals surface area contributed by atoms with Crippen molar-refractivity contribution in [1.82, 2.24) is 9.88 Å². The number of aromatic nitrogens is 1. The summed E-state index contributed by atoms with van der Waals surface area (Å²) >= 11 is 5.70. The molecule has 2 rings (SSSR count). The SMILES string of the molecule is FC(F)(F)CN(Cc1cccc(Cl)n1)C1CC1. The lowest BCUT2D eigenvalue weighted by Crippen LogP contribution is -2.35. The van der Waals surface area contributed by atoms with Crippen LogP contribution in [0, 0.1) is 0 Å². The lowest BCUT2D eigenvalue weighted by molar-refractivity contribution is -0.148. The van der Waals surface area contributed by atoms with Gasteiger partial charge < -0.3 is 0 Å². The summed E-state index contributed by atoms with van der Waals surface area (Å²) in [6.07, 6.45) is -2.51. The van der Waals surface area contributed by atoms with E-state index in [9.17, 15) is 13.2 Å². The summed E-state index contributed by atoms with van der Waals surface area (Å²) in [5.74, 6) is 0. The van der Waals surface area contributed by atoms with Gasteiger partial charge in [-0.25, -0.2) is 4.98 Å². The lowest BCUT2D eigenvalue weighted by Gasteiger charge is -2.22. The highest BCUT2D eigenvalue weighted by Crippen LogP contribution is 2.31. The highest BCUT2D eigenvalue weighted by Gasteiger charge is 2.38. The second-order valence-corrected chi connectivity index (χ2v) is 4.59. The van der Waals surface area contributed by atoms with E-state index < -0.39 is 12.7 Å². The van der Waals surface area contributed by atoms with Crippen LogP contribution in [-0.2, 0) is 6.54 Å². The highest BCUT2D eigenvalue weighted by molar-refractivity contribution is 6.29. The van der Waals surface area contributed by atoms with Crippen molar-refractivity contribution in [2.45, 2.75) is 31.6 Å². The van der Waals surface area contributed by atoms with Crippen LogP contribution in [0.3, 0.4) is 0 Å². The van der Waals surface area contributed by atoms with Crippen molar-refractivity contribution in [2.75, 3.05) is 6.54 Å². The predicted molar refractivity (Wildman–Crippen MR) is 58.7 cm³/mol. The molecule has 1 saturated carbocycles. The zero-order valence-electron chi connectivity index (χ0n) is 9.04. The molecule has 94 valence electrons. The largest absolute Gasteiger partial charge is 0.401 e. The first-order valence-electron chi connectivity index (χ1n) is 5.36. The van der Waals surface area contributed by atoms with Crippen LogP contribution in [-0.4, -0.2) is 28.6 Å². The van der Waals surface area contributed by atoms with E-state index >= 15 is 0 Å². The summed E-state index contributed by atoms with van der Waals surface area (Å²) in [5, 5.41) is 0.310. The number of pyridine rings is 1. The zero-order chi connectivity index (χ0) is 12.5. The maximum Gasteiger partial charge on any atom is 0.401 e. The Kier molecular flexibility index (Phi) is 3.58. The number of alkyl halides is 3. The lowest BCUT2D eigenvalue weighted by atomic mass is 10.3. The number of halogens is 4. The summed E-state index contributed by atoms with van der Waals surface area (Å²) in [4.78, 5) is 5.42. The molecule has 0 radical (unpaired) electrons. The van der Waals surface area contributed by atoms with E-state index in [2.05, 4.69) is 4.98 Å². The summed E-state index contributed by atoms with van der Waals surface area (Å²) in [5.41, 5.74) is 0.577. The summed E-state index contributed by atoms with van der Waals surface area (Å²) < 4.78 is 37.2. The van der Waals surface area contributed by atoms with Gasteiger partial charge in [0, 0.05) is 12.6 Å². The van der Waals surface area contributed by atoms with Crippen LogP contribution in [0.15, 0.2) is 18.2 Å². The van der Waals surface area contributed by atoms with E-state index in [1.54, 1.807) is 18.2 Å². The van der Waals surface area contributed by atoms with Crippen LogP contribution in [0.25, 0.3) is 0 Å². The van der Waals surface area contributed by atoms with Crippen molar-refractivity contribution in [3.63, 3.8) is 0 Å². The van der Waals surface area contributed by atoms with E-state index in [0.29, 0.717) is 10.8 Å². The molecule has 6 heteroatoms. The first kappa shape index (κ1) is 12.6. The Balaban J connectivity index is 2.02. The fourth-order valence-electron chi connectivity index (χ4n) is 1.73. The molecule has 1 aliphatic carbocycles. The molecule has 1 aromatic heterocycles. The van der Waals surface area contributed by atoms with E-state index in [4.69, 9.17) is 11.6 Å². The van der Waals surface area contributed by atoms with Gasteiger partial charge in [0.25, 0.3) is 0 Å². The van der Waals surface area contributed by atoms with Crippen LogP contribution < -0.4 is 0 Å². The van der Waals surface area contributed by atoms with Crippen LogP contribution in [0.2, 0.25) is 5.15 Å². The molecule has 0 N–H and O–H groups in total. The van der Waals surface area contributed by atoms with Crippen LogP contribution in [0.5, 0.6) is 0 Å². The molecule has 1 fully saturated rings. The van der Waals surface area contributed by atoms with Crippen molar-refractivity contribution < 1.29 is 13.2 Å². The van der Waals surface area contributed by atoms with Crippen molar-refractivity contribution in [2.24, 2.45) is 0 Å². The van der Waals surface area contributed by atoms with Crippen molar-refractivity contribution in [1.29, 1.82) is 0 Å². The molecule has 0 bridgehead atoms. The Hall–Kier alpha value is -0.810. The smallest absolute Gasteiger partial charge is 0.286 e. The van der Waals surface area contributed by atoms with Gasteiger partial charge in [-0.05, 0) is 25.0 Å². The van der Waals surface area contributed by atoms with Gasteiger partial charge in [-0.3, -0.25) is 4.90 Å². The maximum atomic E-state index is 12.4. The molecule has 0 amide bonds. The maximum absolute atomic E-state index is 12.4. The number of nitrogens with zero attached hydrogens (tertiary/aromatic N) is 2. The fourth-order valence-corrected chi connectivity index (χ4v) is 1.91. The zero-order valence-corrected chi connectivity index (χ0v) is 9.80. The first-order chi connectivity index (χ1) is 7.94. The molecule has 0 saturated heterocycles. The molecule has 0 unspecified atom stereocenters. The van der Waals surface area contributed by atoms with Crippen LogP contribution >= 0.6 is 11.6 Å². The van der Waals surface area contributed by atoms with E-state index in [0.717, 1.165) is 12.8 Å². The second kappa shape index (κ2) is 4.82. The molecule has 0 atom stereocenters. The molecule has 1 aromatic rings. The standard InChI is InChI=1S/C11H12ClF3N2/c12-10-3-1-2-8(16-10)6-17(9-4-5-9)7-11(13,14)15/h1-3,9H,4-7H2. The monoisotopic (exact) mass is 264 g/mol. The molecule has 17 heavy (non-hydrogen) atoms. The number of hydrogen-bond donors (Lipinski definition) is 0. The second-order valence-electron chi connectivity index (χ2n) is 4.20. The van der Waals surface area contributed by atoms with Gasteiger partial charge in [-0.1, -0.05) is 17.7 Å². The number of hydrogen-bond acceptors (Lipinski definition) is 2. The summed E-state index contributed by atoms with van der Waals surface area (Å²) in [6, 6.07) is 5.04. The van der Waals surface area contributed by atoms with Gasteiger partial charge in [0.1, 0.15) is 5.15 Å². The van der Waals surface area contributed by atoms with E-state index in [-0.39, 0.29) is 12.6 Å². The van der Waals surface area contributed by atoms with Crippen molar-refractivity contribution >= 4 is 11.6 Å². The van der Waals surface area contributed by atoms with Crippen molar-refractivity contribution in [3.05, 3.63) is 29.0 Å². The number of rotatable bonds is 4. The van der Waals surface area contributed by atoms with Gasteiger partial charge in [-0.2, -0.15) is 13.2 Å². The Morgan fingerprint density at radius 3 is 2.59 bits per heavy atom. The van der Waals surface area contributed by atoms with Gasteiger partial charge in [0.15, 0.2) is 0 Å². The third-order valence-corrected chi connectivity index (χ3v) is 2.79. The molecule has 2 nitrogen and oxygen atoms in total. The average molecular weight is 265 g/mol. The van der Waals surface area contributed by atoms with Gasteiger partial charge in [0.05, 0.1) is 12.2 Å². The minimum absolute atomic E-state index is 0.0393. The first-order valence-corrected chi connectivity index (χ1v) is 5.74. The highest BCUT2D eigenvalue weighted by atomic mass is 35.5. The third kappa shape index (κ3) is 4.16. The van der Waals surface area contributed by atoms with Crippen LogP contribution in [0.4, 0.5) is 13.2 Å². The van der Waals surface area contributed by atoms with Gasteiger partial charge in [0.2, 0.25) is 0 Å². The topological polar surface area (TPSA) is 16.1 Å². The molecular weight excluding hydrogens is 253 g/mol. The third-order valence-electron chi connectivity index (χ3n) is 2.58. The molecule has 0 aliphatic heterocycles. The molecule has 0 spiro atoms. The predicted octanol–water partition coefficient (Wildman–Crippen LogP) is 3.26. The van der Waals surface area contributed by atoms with E-state index in [1.807, 2.05) is 0 Å². The Morgan fingerprint density at radius 2 is 2.06 bits per heavy atom. The van der Waals surface area contributed by atoms with Gasteiger partial charge in [-0.15, -0.1) is 0 Å². The van der Waals surface area contributed by atoms with E-state index in [1.165, 1.54) is 4.90 Å². The molecule has 1 aliphatic rings. The summed E-state index contributed by atoms with van der Waals surface area (Å²) in [7, 11) is 0.